The number of benzene rings is 2. The molecule has 4 nitrogen and oxygen atoms in total. The maximum atomic E-state index is 13.2. The molecule has 154 valence electrons. The molecule has 2 amide bonds. The van der Waals surface area contributed by atoms with Gasteiger partial charge >= 0.3 is 0 Å². The SMILES string of the molecule is C[C@H](C(=O)NC1CCCC1)N(Cc1ccccc1)C(=O)Cc1ccc(Cl)cc1Cl. The van der Waals surface area contributed by atoms with Crippen molar-refractivity contribution in [3.8, 4) is 0 Å². The number of hydrogen-bond acceptors (Lipinski definition) is 2. The van der Waals surface area contributed by atoms with Crippen molar-refractivity contribution in [3.05, 3.63) is 69.7 Å². The zero-order valence-corrected chi connectivity index (χ0v) is 18.0. The van der Waals surface area contributed by atoms with Gasteiger partial charge in [-0.3, -0.25) is 9.59 Å². The highest BCUT2D eigenvalue weighted by Gasteiger charge is 2.28. The molecule has 29 heavy (non-hydrogen) atoms. The van der Waals surface area contributed by atoms with E-state index < -0.39 is 6.04 Å². The summed E-state index contributed by atoms with van der Waals surface area (Å²) < 4.78 is 0. The highest BCUT2D eigenvalue weighted by molar-refractivity contribution is 6.35. The monoisotopic (exact) mass is 432 g/mol. The molecule has 0 radical (unpaired) electrons. The Hall–Kier alpha value is -2.04. The van der Waals surface area contributed by atoms with Crippen LogP contribution in [0.2, 0.25) is 10.0 Å². The molecule has 0 saturated heterocycles. The molecule has 0 unspecified atom stereocenters. The zero-order valence-electron chi connectivity index (χ0n) is 16.5. The summed E-state index contributed by atoms with van der Waals surface area (Å²) in [7, 11) is 0. The average molecular weight is 433 g/mol. The maximum Gasteiger partial charge on any atom is 0.242 e. The summed E-state index contributed by atoms with van der Waals surface area (Å²) in [5, 5.41) is 4.08. The van der Waals surface area contributed by atoms with E-state index in [4.69, 9.17) is 23.2 Å². The van der Waals surface area contributed by atoms with Gasteiger partial charge in [-0.15, -0.1) is 0 Å². The molecule has 0 aliphatic heterocycles. The van der Waals surface area contributed by atoms with Gasteiger partial charge in [-0.05, 0) is 43.0 Å². The van der Waals surface area contributed by atoms with E-state index in [1.165, 1.54) is 0 Å². The second-order valence-electron chi connectivity index (χ2n) is 7.59. The van der Waals surface area contributed by atoms with E-state index in [0.29, 0.717) is 22.2 Å². The van der Waals surface area contributed by atoms with E-state index in [1.807, 2.05) is 30.3 Å². The maximum absolute atomic E-state index is 13.2. The average Bonchev–Trinajstić information content (AvgIpc) is 3.21. The number of hydrogen-bond donors (Lipinski definition) is 1. The fourth-order valence-electron chi connectivity index (χ4n) is 3.68. The second-order valence-corrected chi connectivity index (χ2v) is 8.43. The molecule has 0 bridgehead atoms. The fraction of sp³-hybridized carbons (Fsp3) is 0.391. The molecular formula is C23H26Cl2N2O2. The summed E-state index contributed by atoms with van der Waals surface area (Å²) in [5.74, 6) is -0.254. The number of amides is 2. The third-order valence-electron chi connectivity index (χ3n) is 5.42. The molecule has 1 aliphatic rings. The fourth-order valence-corrected chi connectivity index (χ4v) is 4.16. The van der Waals surface area contributed by atoms with E-state index in [9.17, 15) is 9.59 Å². The van der Waals surface area contributed by atoms with Crippen molar-refractivity contribution >= 4 is 35.0 Å². The van der Waals surface area contributed by atoms with Crippen LogP contribution < -0.4 is 5.32 Å². The largest absolute Gasteiger partial charge is 0.352 e. The molecule has 1 N–H and O–H groups in total. The smallest absolute Gasteiger partial charge is 0.242 e. The van der Waals surface area contributed by atoms with Gasteiger partial charge in [0.2, 0.25) is 11.8 Å². The highest BCUT2D eigenvalue weighted by Crippen LogP contribution is 2.23. The van der Waals surface area contributed by atoms with Gasteiger partial charge in [0.15, 0.2) is 0 Å². The Labute approximate surface area is 182 Å². The van der Waals surface area contributed by atoms with Crippen LogP contribution >= 0.6 is 23.2 Å². The molecule has 1 aliphatic carbocycles. The van der Waals surface area contributed by atoms with Crippen molar-refractivity contribution in [2.45, 2.75) is 57.7 Å². The standard InChI is InChI=1S/C23H26Cl2N2O2/c1-16(23(29)26-20-9-5-6-10-20)27(15-17-7-3-2-4-8-17)22(28)13-18-11-12-19(24)14-21(18)25/h2-4,7-8,11-12,14,16,20H,5-6,9-10,13,15H2,1H3,(H,26,29)/t16-/m1/s1. The molecule has 0 spiro atoms. The lowest BCUT2D eigenvalue weighted by Crippen LogP contribution is -2.50. The molecule has 0 heterocycles. The summed E-state index contributed by atoms with van der Waals surface area (Å²) in [5.41, 5.74) is 1.67. The minimum absolute atomic E-state index is 0.108. The van der Waals surface area contributed by atoms with Crippen molar-refractivity contribution in [2.75, 3.05) is 0 Å². The number of nitrogens with zero attached hydrogens (tertiary/aromatic N) is 1. The number of nitrogens with one attached hydrogen (secondary N) is 1. The van der Waals surface area contributed by atoms with Crippen molar-refractivity contribution in [3.63, 3.8) is 0 Å². The number of halogens is 2. The molecule has 6 heteroatoms. The number of rotatable bonds is 7. The van der Waals surface area contributed by atoms with Crippen LogP contribution in [0.3, 0.4) is 0 Å². The number of carbonyl (C=O) groups excluding carboxylic acids is 2. The first kappa shape index (κ1) is 21.7. The van der Waals surface area contributed by atoms with Gasteiger partial charge in [-0.1, -0.05) is 72.4 Å². The molecule has 2 aromatic carbocycles. The Bertz CT molecular complexity index is 851. The lowest BCUT2D eigenvalue weighted by atomic mass is 10.1. The third kappa shape index (κ3) is 5.97. The molecule has 3 rings (SSSR count). The lowest BCUT2D eigenvalue weighted by molar-refractivity contribution is -0.140. The van der Waals surface area contributed by atoms with Crippen molar-refractivity contribution in [2.24, 2.45) is 0 Å². The van der Waals surface area contributed by atoms with E-state index in [-0.39, 0.29) is 24.3 Å². The molecule has 1 saturated carbocycles. The Morgan fingerprint density at radius 1 is 1.10 bits per heavy atom. The first-order valence-electron chi connectivity index (χ1n) is 10.0. The van der Waals surface area contributed by atoms with Gasteiger partial charge in [0.05, 0.1) is 6.42 Å². The minimum atomic E-state index is -0.575. The van der Waals surface area contributed by atoms with Crippen LogP contribution in [-0.4, -0.2) is 28.8 Å². The van der Waals surface area contributed by atoms with Gasteiger partial charge in [0, 0.05) is 22.6 Å². The van der Waals surface area contributed by atoms with Gasteiger partial charge < -0.3 is 10.2 Å². The van der Waals surface area contributed by atoms with Crippen LogP contribution in [-0.2, 0) is 22.6 Å². The first-order chi connectivity index (χ1) is 13.9. The zero-order chi connectivity index (χ0) is 20.8. The van der Waals surface area contributed by atoms with Crippen LogP contribution in [0.25, 0.3) is 0 Å². The summed E-state index contributed by atoms with van der Waals surface area (Å²) in [6.45, 7) is 2.15. The molecule has 1 fully saturated rings. The second kappa shape index (κ2) is 10.1. The Balaban J connectivity index is 1.77. The predicted octanol–water partition coefficient (Wildman–Crippen LogP) is 5.01. The van der Waals surface area contributed by atoms with E-state index in [2.05, 4.69) is 5.32 Å². The van der Waals surface area contributed by atoms with Gasteiger partial charge in [-0.25, -0.2) is 0 Å². The molecule has 0 aromatic heterocycles. The quantitative estimate of drug-likeness (QED) is 0.667. The first-order valence-corrected chi connectivity index (χ1v) is 10.8. The van der Waals surface area contributed by atoms with Gasteiger partial charge in [0.1, 0.15) is 6.04 Å². The predicted molar refractivity (Wildman–Crippen MR) is 117 cm³/mol. The molecule has 2 aromatic rings. The van der Waals surface area contributed by atoms with Gasteiger partial charge in [0.25, 0.3) is 0 Å². The van der Waals surface area contributed by atoms with E-state index in [1.54, 1.807) is 30.0 Å². The lowest BCUT2D eigenvalue weighted by Gasteiger charge is -2.30. The molecule has 1 atom stereocenters. The topological polar surface area (TPSA) is 49.4 Å². The van der Waals surface area contributed by atoms with Crippen molar-refractivity contribution in [1.29, 1.82) is 0 Å². The van der Waals surface area contributed by atoms with Crippen LogP contribution in [0.15, 0.2) is 48.5 Å². The van der Waals surface area contributed by atoms with Crippen molar-refractivity contribution in [1.82, 2.24) is 10.2 Å². The normalized spacial score (nSPS) is 15.1. The van der Waals surface area contributed by atoms with Crippen LogP contribution in [0, 0.1) is 0 Å². The Kier molecular flexibility index (Phi) is 7.57. The number of carbonyl (C=O) groups is 2. The summed E-state index contributed by atoms with van der Waals surface area (Å²) in [6.07, 6.45) is 4.41. The van der Waals surface area contributed by atoms with Crippen molar-refractivity contribution < 1.29 is 9.59 Å². The Morgan fingerprint density at radius 2 is 1.79 bits per heavy atom. The van der Waals surface area contributed by atoms with Crippen LogP contribution in [0.4, 0.5) is 0 Å². The molecular weight excluding hydrogens is 407 g/mol. The van der Waals surface area contributed by atoms with E-state index >= 15 is 0 Å². The van der Waals surface area contributed by atoms with Crippen LogP contribution in [0.1, 0.15) is 43.7 Å². The van der Waals surface area contributed by atoms with E-state index in [0.717, 1.165) is 31.2 Å². The van der Waals surface area contributed by atoms with Crippen LogP contribution in [0.5, 0.6) is 0 Å². The Morgan fingerprint density at radius 3 is 2.45 bits per heavy atom. The summed E-state index contributed by atoms with van der Waals surface area (Å²) in [4.78, 5) is 27.7. The minimum Gasteiger partial charge on any atom is -0.352 e. The highest BCUT2D eigenvalue weighted by atomic mass is 35.5. The third-order valence-corrected chi connectivity index (χ3v) is 6.01. The summed E-state index contributed by atoms with van der Waals surface area (Å²) in [6, 6.07) is 14.4. The summed E-state index contributed by atoms with van der Waals surface area (Å²) >= 11 is 12.2. The van der Waals surface area contributed by atoms with Gasteiger partial charge in [-0.2, -0.15) is 0 Å².